The Kier molecular flexibility index (Phi) is 16.8. The van der Waals surface area contributed by atoms with Gasteiger partial charge in [0.2, 0.25) is 0 Å². The summed E-state index contributed by atoms with van der Waals surface area (Å²) in [6.07, 6.45) is -16.0. The molecule has 0 radical (unpaired) electrons. The molecule has 21 heteroatoms. The van der Waals surface area contributed by atoms with Gasteiger partial charge in [0.25, 0.3) is 0 Å². The Bertz CT molecular complexity index is 1070. The second-order valence-electron chi connectivity index (χ2n) is 10.6. The van der Waals surface area contributed by atoms with Gasteiger partial charge in [0, 0.05) is 27.7 Å². The van der Waals surface area contributed by atoms with Crippen LogP contribution < -0.4 is 0 Å². The van der Waals surface area contributed by atoms with Gasteiger partial charge >= 0.3 is 30.0 Å². The smallest absolute Gasteiger partial charge is 0.463 e. The zero-order valence-corrected chi connectivity index (χ0v) is 26.5. The quantitative estimate of drug-likeness (QED) is 0.0782. The first-order valence-electron chi connectivity index (χ1n) is 14.5. The van der Waals surface area contributed by atoms with Crippen LogP contribution in [-0.2, 0) is 66.5 Å². The van der Waals surface area contributed by atoms with Gasteiger partial charge in [-0.05, 0) is 0 Å². The highest BCUT2D eigenvalue weighted by molar-refractivity contribution is 5.68. The van der Waals surface area contributed by atoms with Crippen molar-refractivity contribution in [3.05, 3.63) is 0 Å². The maximum atomic E-state index is 11.7. The Morgan fingerprint density at radius 2 is 1.33 bits per heavy atom. The van der Waals surface area contributed by atoms with E-state index in [-0.39, 0.29) is 26.4 Å². The normalized spacial score (nSPS) is 33.5. The number of hydrogen-bond acceptors (Lipinski definition) is 21. The molecule has 0 aromatic heterocycles. The lowest BCUT2D eigenvalue weighted by Gasteiger charge is -2.44. The molecule has 21 nitrogen and oxygen atoms in total. The van der Waals surface area contributed by atoms with Crippen molar-refractivity contribution in [2.75, 3.05) is 39.6 Å². The highest BCUT2D eigenvalue weighted by Crippen LogP contribution is 2.30. The van der Waals surface area contributed by atoms with Crippen LogP contribution in [0.5, 0.6) is 0 Å². The van der Waals surface area contributed by atoms with E-state index in [4.69, 9.17) is 58.0 Å². The van der Waals surface area contributed by atoms with Crippen LogP contribution in [0, 0.1) is 0 Å². The number of carbonyl (C=O) groups excluding carboxylic acids is 5. The predicted octanol–water partition coefficient (Wildman–Crippen LogP) is -4.22. The monoisotopic (exact) mass is 702 g/mol. The van der Waals surface area contributed by atoms with E-state index in [9.17, 15) is 39.3 Å². The minimum Gasteiger partial charge on any atom is -0.463 e. The molecule has 6 N–H and O–H groups in total. The van der Waals surface area contributed by atoms with Crippen molar-refractivity contribution in [3.63, 3.8) is 0 Å². The Labute approximate surface area is 273 Å². The summed E-state index contributed by atoms with van der Waals surface area (Å²) in [4.78, 5) is 57.4. The highest BCUT2D eigenvalue weighted by Gasteiger charge is 2.53. The van der Waals surface area contributed by atoms with Gasteiger partial charge in [-0.15, -0.1) is 0 Å². The summed E-state index contributed by atoms with van der Waals surface area (Å²) in [6.45, 7) is 2.48. The van der Waals surface area contributed by atoms with Gasteiger partial charge in [-0.3, -0.25) is 19.2 Å². The van der Waals surface area contributed by atoms with Gasteiger partial charge in [0.15, 0.2) is 37.0 Å². The van der Waals surface area contributed by atoms with Gasteiger partial charge in [-0.1, -0.05) is 0 Å². The maximum Gasteiger partial charge on any atom is 0.508 e. The van der Waals surface area contributed by atoms with Crippen molar-refractivity contribution in [1.82, 2.24) is 0 Å². The molecule has 12 atom stereocenters. The van der Waals surface area contributed by atoms with Gasteiger partial charge in [-0.25, -0.2) is 4.79 Å². The minimum absolute atomic E-state index is 0.0654. The highest BCUT2D eigenvalue weighted by atomic mass is 16.8. The molecular weight excluding hydrogens is 660 g/mol. The van der Waals surface area contributed by atoms with Crippen molar-refractivity contribution >= 4 is 30.0 Å². The molecule has 6 unspecified atom stereocenters. The van der Waals surface area contributed by atoms with E-state index in [1.807, 2.05) is 0 Å². The molecule has 3 heterocycles. The van der Waals surface area contributed by atoms with Crippen LogP contribution >= 0.6 is 0 Å². The number of aliphatic hydroxyl groups is 6. The van der Waals surface area contributed by atoms with Crippen LogP contribution in [-0.4, -0.2) is 174 Å². The zero-order valence-electron chi connectivity index (χ0n) is 26.5. The summed E-state index contributed by atoms with van der Waals surface area (Å²) < 4.78 is 51.5. The first kappa shape index (κ1) is 40.9. The molecule has 0 saturated carbocycles. The third-order valence-corrected chi connectivity index (χ3v) is 6.56. The summed E-state index contributed by atoms with van der Waals surface area (Å²) in [5.74, 6) is -2.89. The fourth-order valence-electron chi connectivity index (χ4n) is 4.44. The third kappa shape index (κ3) is 12.7. The van der Waals surface area contributed by atoms with Crippen molar-refractivity contribution in [3.8, 4) is 0 Å². The number of aliphatic hydroxyl groups excluding tert-OH is 6. The second kappa shape index (κ2) is 19.7. The molecule has 3 rings (SSSR count). The number of esters is 4. The topological polar surface area (TPSA) is 299 Å². The number of cyclic esters (lactones) is 2. The Balaban J connectivity index is 0.000000397. The molecule has 3 aliphatic heterocycles. The SMILES string of the molecule is CC(=O)OCC1O[C@@H](OCC2COC(=O)O2)C(OC(C)=O)[C@@H](OC(C)=O)[C@H]1OC(C)=O.OCC(O)CO[C@@H]1OC(CO)[C@H](O)[C@H](O)C1O. The van der Waals surface area contributed by atoms with Crippen LogP contribution in [0.1, 0.15) is 27.7 Å². The molecule has 0 aromatic rings. The molecule has 3 fully saturated rings. The molecule has 0 bridgehead atoms. The fraction of sp³-hybridized carbons (Fsp3) is 0.815. The van der Waals surface area contributed by atoms with Crippen LogP contribution in [0.3, 0.4) is 0 Å². The lowest BCUT2D eigenvalue weighted by Crippen LogP contribution is -2.63. The number of ether oxygens (including phenoxy) is 10. The van der Waals surface area contributed by atoms with Crippen LogP contribution in [0.15, 0.2) is 0 Å². The van der Waals surface area contributed by atoms with Crippen molar-refractivity contribution in [1.29, 1.82) is 0 Å². The van der Waals surface area contributed by atoms with Gasteiger partial charge in [0.1, 0.15) is 49.8 Å². The van der Waals surface area contributed by atoms with E-state index in [1.165, 1.54) is 0 Å². The first-order chi connectivity index (χ1) is 22.6. The van der Waals surface area contributed by atoms with Gasteiger partial charge < -0.3 is 78.0 Å². The molecular formula is C27H42O21. The van der Waals surface area contributed by atoms with E-state index in [2.05, 4.69) is 4.74 Å². The van der Waals surface area contributed by atoms with Gasteiger partial charge in [-0.2, -0.15) is 0 Å². The van der Waals surface area contributed by atoms with Crippen molar-refractivity contribution in [2.45, 2.75) is 101 Å². The lowest BCUT2D eigenvalue weighted by atomic mass is 9.98. The summed E-state index contributed by atoms with van der Waals surface area (Å²) in [7, 11) is 0. The van der Waals surface area contributed by atoms with E-state index in [0.29, 0.717) is 0 Å². The van der Waals surface area contributed by atoms with Crippen LogP contribution in [0.4, 0.5) is 4.79 Å². The zero-order chi connectivity index (χ0) is 36.1. The lowest BCUT2D eigenvalue weighted by molar-refractivity contribution is -0.310. The molecule has 276 valence electrons. The van der Waals surface area contributed by atoms with Crippen LogP contribution in [0.2, 0.25) is 0 Å². The Hall–Kier alpha value is -3.25. The average Bonchev–Trinajstić information content (AvgIpc) is 3.44. The fourth-order valence-corrected chi connectivity index (χ4v) is 4.44. The molecule has 3 saturated heterocycles. The van der Waals surface area contributed by atoms with Crippen molar-refractivity contribution in [2.24, 2.45) is 0 Å². The van der Waals surface area contributed by atoms with Gasteiger partial charge in [0.05, 0.1) is 26.4 Å². The number of carbonyl (C=O) groups is 5. The number of rotatable bonds is 13. The molecule has 0 spiro atoms. The number of hydrogen-bond donors (Lipinski definition) is 6. The standard InChI is InChI=1S/C18H24O13.C9H18O8/c1-8(19)24-7-13-14(27-9(2)20)15(28-10(3)21)16(29-11(4)22)17(31-13)25-5-12-6-26-18(23)30-12;10-1-4(12)3-16-9-8(15)7(14)6(13)5(2-11)17-9/h12-17H,5-7H2,1-4H3;4-15H,1-3H2/t12?,13?,14-,15-,16?,17+;4?,5?,6-,7-,8?,9+/m00/s1. The van der Waals surface area contributed by atoms with E-state index in [1.54, 1.807) is 0 Å². The molecule has 0 aromatic carbocycles. The molecule has 0 amide bonds. The summed E-state index contributed by atoms with van der Waals surface area (Å²) >= 11 is 0. The minimum atomic E-state index is -1.52. The molecule has 3 aliphatic rings. The third-order valence-electron chi connectivity index (χ3n) is 6.56. The van der Waals surface area contributed by atoms with E-state index >= 15 is 0 Å². The predicted molar refractivity (Wildman–Crippen MR) is 147 cm³/mol. The Morgan fingerprint density at radius 1 is 0.750 bits per heavy atom. The Morgan fingerprint density at radius 3 is 1.85 bits per heavy atom. The van der Waals surface area contributed by atoms with E-state index in [0.717, 1.165) is 27.7 Å². The molecule has 48 heavy (non-hydrogen) atoms. The van der Waals surface area contributed by atoms with E-state index < -0.39 is 117 Å². The maximum absolute atomic E-state index is 11.7. The van der Waals surface area contributed by atoms with Crippen LogP contribution in [0.25, 0.3) is 0 Å². The second-order valence-corrected chi connectivity index (χ2v) is 10.6. The molecule has 0 aliphatic carbocycles. The first-order valence-corrected chi connectivity index (χ1v) is 14.5. The largest absolute Gasteiger partial charge is 0.508 e. The summed E-state index contributed by atoms with van der Waals surface area (Å²) in [5, 5.41) is 54.9. The summed E-state index contributed by atoms with van der Waals surface area (Å²) in [6, 6.07) is 0. The summed E-state index contributed by atoms with van der Waals surface area (Å²) in [5.41, 5.74) is 0. The van der Waals surface area contributed by atoms with Crippen molar-refractivity contribution < 1.29 is 102 Å². The average molecular weight is 703 g/mol.